The topological polar surface area (TPSA) is 68.9 Å². The molecule has 1 N–H and O–H groups in total. The van der Waals surface area contributed by atoms with Crippen molar-refractivity contribution in [3.05, 3.63) is 94.2 Å². The first-order valence-corrected chi connectivity index (χ1v) is 9.50. The van der Waals surface area contributed by atoms with Crippen LogP contribution in [0.1, 0.15) is 21.7 Å². The van der Waals surface area contributed by atoms with E-state index >= 15 is 0 Å². The van der Waals surface area contributed by atoms with Crippen molar-refractivity contribution in [2.45, 2.75) is 19.9 Å². The molecular formula is C23H22N4O2. The Hall–Kier alpha value is -3.67. The first kappa shape index (κ1) is 18.7. The van der Waals surface area contributed by atoms with Gasteiger partial charge in [0.1, 0.15) is 5.82 Å². The molecular weight excluding hydrogens is 364 g/mol. The van der Waals surface area contributed by atoms with Crippen LogP contribution in [-0.4, -0.2) is 20.0 Å². The van der Waals surface area contributed by atoms with E-state index in [0.29, 0.717) is 24.2 Å². The van der Waals surface area contributed by atoms with Crippen LogP contribution in [0.25, 0.3) is 11.0 Å². The molecule has 4 rings (SSSR count). The van der Waals surface area contributed by atoms with Gasteiger partial charge in [0.25, 0.3) is 11.5 Å². The average Bonchev–Trinajstić information content (AvgIpc) is 3.02. The molecule has 4 aromatic rings. The lowest BCUT2D eigenvalue weighted by molar-refractivity contribution is 0.102. The Labute approximate surface area is 168 Å². The van der Waals surface area contributed by atoms with Gasteiger partial charge in [0.05, 0.1) is 11.0 Å². The molecule has 0 unspecified atom stereocenters. The first-order chi connectivity index (χ1) is 14.0. The molecule has 6 heteroatoms. The fourth-order valence-electron chi connectivity index (χ4n) is 3.41. The van der Waals surface area contributed by atoms with Crippen LogP contribution in [-0.2, 0) is 20.0 Å². The minimum Gasteiger partial charge on any atom is -0.331 e. The molecule has 2 heterocycles. The molecule has 0 saturated heterocycles. The third kappa shape index (κ3) is 3.96. The quantitative estimate of drug-likeness (QED) is 0.570. The second kappa shape index (κ2) is 7.75. The van der Waals surface area contributed by atoms with E-state index in [4.69, 9.17) is 4.98 Å². The number of pyridine rings is 1. The van der Waals surface area contributed by atoms with E-state index in [1.807, 2.05) is 61.0 Å². The molecule has 0 aliphatic heterocycles. The fraction of sp³-hybridized carbons (Fsp3) is 0.174. The molecule has 0 fully saturated rings. The van der Waals surface area contributed by atoms with Crippen molar-refractivity contribution in [3.8, 4) is 0 Å². The van der Waals surface area contributed by atoms with Gasteiger partial charge in [-0.15, -0.1) is 0 Å². The van der Waals surface area contributed by atoms with Crippen molar-refractivity contribution in [2.75, 3.05) is 5.32 Å². The standard InChI is InChI=1S/C23H22N4O2/c1-16-6-5-7-17(14-16)23(29)24-18-9-10-20-19(15-18)25-21(26(20)2)11-13-27-12-4-3-8-22(27)28/h3-10,12,14-15H,11,13H2,1-2H3,(H,24,29). The lowest BCUT2D eigenvalue weighted by Crippen LogP contribution is -2.19. The summed E-state index contributed by atoms with van der Waals surface area (Å²) >= 11 is 0. The average molecular weight is 386 g/mol. The summed E-state index contributed by atoms with van der Waals surface area (Å²) in [6.07, 6.45) is 2.42. The van der Waals surface area contributed by atoms with Crippen molar-refractivity contribution in [3.63, 3.8) is 0 Å². The number of aryl methyl sites for hydroxylation is 4. The van der Waals surface area contributed by atoms with Crippen LogP contribution in [0, 0.1) is 6.92 Å². The van der Waals surface area contributed by atoms with Crippen LogP contribution in [0.2, 0.25) is 0 Å². The van der Waals surface area contributed by atoms with Gasteiger partial charge in [0, 0.05) is 43.5 Å². The van der Waals surface area contributed by atoms with E-state index < -0.39 is 0 Å². The highest BCUT2D eigenvalue weighted by Crippen LogP contribution is 2.21. The maximum absolute atomic E-state index is 12.5. The Bertz CT molecular complexity index is 1250. The molecule has 0 radical (unpaired) electrons. The largest absolute Gasteiger partial charge is 0.331 e. The second-order valence-corrected chi connectivity index (χ2v) is 7.10. The molecule has 0 bridgehead atoms. The molecule has 0 aliphatic carbocycles. The Kier molecular flexibility index (Phi) is 4.99. The monoisotopic (exact) mass is 386 g/mol. The number of nitrogens with one attached hydrogen (secondary N) is 1. The van der Waals surface area contributed by atoms with Crippen LogP contribution >= 0.6 is 0 Å². The van der Waals surface area contributed by atoms with Crippen molar-refractivity contribution < 1.29 is 4.79 Å². The molecule has 0 aliphatic rings. The number of rotatable bonds is 5. The Balaban J connectivity index is 1.54. The summed E-state index contributed by atoms with van der Waals surface area (Å²) in [5.74, 6) is 0.741. The lowest BCUT2D eigenvalue weighted by Gasteiger charge is -2.06. The summed E-state index contributed by atoms with van der Waals surface area (Å²) < 4.78 is 3.70. The highest BCUT2D eigenvalue weighted by molar-refractivity contribution is 6.05. The molecule has 0 spiro atoms. The summed E-state index contributed by atoms with van der Waals surface area (Å²) in [4.78, 5) is 29.1. The predicted molar refractivity (Wildman–Crippen MR) is 114 cm³/mol. The van der Waals surface area contributed by atoms with Gasteiger partial charge in [-0.05, 0) is 43.3 Å². The number of aromatic nitrogens is 3. The Morgan fingerprint density at radius 3 is 2.72 bits per heavy atom. The van der Waals surface area contributed by atoms with Gasteiger partial charge in [-0.3, -0.25) is 9.59 Å². The van der Waals surface area contributed by atoms with E-state index in [1.165, 1.54) is 0 Å². The third-order valence-electron chi connectivity index (χ3n) is 4.99. The highest BCUT2D eigenvalue weighted by Gasteiger charge is 2.11. The fourth-order valence-corrected chi connectivity index (χ4v) is 3.41. The van der Waals surface area contributed by atoms with Gasteiger partial charge in [0.2, 0.25) is 0 Å². The van der Waals surface area contributed by atoms with Crippen LogP contribution < -0.4 is 10.9 Å². The van der Waals surface area contributed by atoms with Gasteiger partial charge in [-0.1, -0.05) is 23.8 Å². The summed E-state index contributed by atoms with van der Waals surface area (Å²) in [5.41, 5.74) is 4.14. The number of carbonyl (C=O) groups is 1. The molecule has 0 atom stereocenters. The zero-order valence-electron chi connectivity index (χ0n) is 16.4. The lowest BCUT2D eigenvalue weighted by atomic mass is 10.1. The maximum Gasteiger partial charge on any atom is 0.255 e. The maximum atomic E-state index is 12.5. The van der Waals surface area contributed by atoms with Crippen LogP contribution in [0.3, 0.4) is 0 Å². The number of fused-ring (bicyclic) bond motifs is 1. The minimum absolute atomic E-state index is 0.0209. The number of hydrogen-bond donors (Lipinski definition) is 1. The van der Waals surface area contributed by atoms with Crippen molar-refractivity contribution in [2.24, 2.45) is 7.05 Å². The normalized spacial score (nSPS) is 11.0. The van der Waals surface area contributed by atoms with Crippen LogP contribution in [0.5, 0.6) is 0 Å². The summed E-state index contributed by atoms with van der Waals surface area (Å²) in [6, 6.07) is 18.3. The molecule has 2 aromatic carbocycles. The highest BCUT2D eigenvalue weighted by atomic mass is 16.1. The van der Waals surface area contributed by atoms with E-state index in [-0.39, 0.29) is 11.5 Å². The predicted octanol–water partition coefficient (Wildman–Crippen LogP) is 3.54. The number of nitrogens with zero attached hydrogens (tertiary/aromatic N) is 3. The second-order valence-electron chi connectivity index (χ2n) is 7.10. The van der Waals surface area contributed by atoms with E-state index in [9.17, 15) is 9.59 Å². The summed E-state index contributed by atoms with van der Waals surface area (Å²) in [5, 5.41) is 2.94. The molecule has 29 heavy (non-hydrogen) atoms. The van der Waals surface area contributed by atoms with Crippen molar-refractivity contribution in [1.29, 1.82) is 0 Å². The molecule has 2 aromatic heterocycles. The summed E-state index contributed by atoms with van der Waals surface area (Å²) in [6.45, 7) is 2.52. The number of carbonyl (C=O) groups excluding carboxylic acids is 1. The number of imidazole rings is 1. The van der Waals surface area contributed by atoms with Gasteiger partial charge < -0.3 is 14.5 Å². The number of anilines is 1. The van der Waals surface area contributed by atoms with Gasteiger partial charge in [-0.25, -0.2) is 4.98 Å². The minimum atomic E-state index is -0.146. The number of hydrogen-bond acceptors (Lipinski definition) is 3. The van der Waals surface area contributed by atoms with Crippen LogP contribution in [0.4, 0.5) is 5.69 Å². The van der Waals surface area contributed by atoms with Gasteiger partial charge in [-0.2, -0.15) is 0 Å². The van der Waals surface area contributed by atoms with Gasteiger partial charge >= 0.3 is 0 Å². The number of benzene rings is 2. The third-order valence-corrected chi connectivity index (χ3v) is 4.99. The van der Waals surface area contributed by atoms with Crippen LogP contribution in [0.15, 0.2) is 71.7 Å². The van der Waals surface area contributed by atoms with E-state index in [0.717, 1.165) is 22.4 Å². The number of amides is 1. The Morgan fingerprint density at radius 2 is 1.93 bits per heavy atom. The molecule has 1 amide bonds. The van der Waals surface area contributed by atoms with E-state index in [1.54, 1.807) is 29.0 Å². The zero-order valence-corrected chi connectivity index (χ0v) is 16.4. The first-order valence-electron chi connectivity index (χ1n) is 9.50. The molecule has 6 nitrogen and oxygen atoms in total. The van der Waals surface area contributed by atoms with Crippen molar-refractivity contribution >= 4 is 22.6 Å². The Morgan fingerprint density at radius 1 is 1.07 bits per heavy atom. The molecule has 0 saturated carbocycles. The van der Waals surface area contributed by atoms with Crippen molar-refractivity contribution in [1.82, 2.24) is 14.1 Å². The summed E-state index contributed by atoms with van der Waals surface area (Å²) in [7, 11) is 1.96. The SMILES string of the molecule is Cc1cccc(C(=O)Nc2ccc3c(c2)nc(CCn2ccccc2=O)n3C)c1. The zero-order chi connectivity index (χ0) is 20.4. The van der Waals surface area contributed by atoms with Gasteiger partial charge in [0.15, 0.2) is 0 Å². The van der Waals surface area contributed by atoms with E-state index in [2.05, 4.69) is 5.32 Å². The molecule has 146 valence electrons. The smallest absolute Gasteiger partial charge is 0.255 e.